The van der Waals surface area contributed by atoms with E-state index in [4.69, 9.17) is 0 Å². The summed E-state index contributed by atoms with van der Waals surface area (Å²) in [5, 5.41) is 5.19. The smallest absolute Gasteiger partial charge is 0.308 e. The summed E-state index contributed by atoms with van der Waals surface area (Å²) in [6, 6.07) is 7.42. The van der Waals surface area contributed by atoms with Crippen LogP contribution in [0.3, 0.4) is 0 Å². The molecule has 0 unspecified atom stereocenters. The number of carbonyl (C=O) groups is 2. The topological polar surface area (TPSA) is 104 Å². The van der Waals surface area contributed by atoms with Crippen molar-refractivity contribution < 1.29 is 9.59 Å². The number of rotatable bonds is 13. The molecule has 2 rings (SSSR count). The molecule has 30 heavy (non-hydrogen) atoms. The highest BCUT2D eigenvalue weighted by Gasteiger charge is 2.07. The largest absolute Gasteiger partial charge is 0.326 e. The Hall–Kier alpha value is -2.96. The molecule has 162 valence electrons. The standard InChI is InChI=1S/C23H32N4O3/c1-2-3-4-5-6-7-8-9-10-11-20-16-21(29)26-22(24-20)27-23(30)25-19-14-12-18(17-28)13-15-19/h12-17H,2-11H2,1H3,(H3,24,25,26,27,29,30). The van der Waals surface area contributed by atoms with Crippen LogP contribution in [0.1, 0.15) is 80.8 Å². The van der Waals surface area contributed by atoms with Gasteiger partial charge in [0.2, 0.25) is 5.95 Å². The number of aldehydes is 1. The molecule has 0 bridgehead atoms. The molecule has 7 heteroatoms. The highest BCUT2D eigenvalue weighted by molar-refractivity contribution is 5.98. The molecular formula is C23H32N4O3. The average molecular weight is 413 g/mol. The predicted octanol–water partition coefficient (Wildman–Crippen LogP) is 5.30. The molecule has 0 aliphatic heterocycles. The summed E-state index contributed by atoms with van der Waals surface area (Å²) >= 11 is 0. The minimum Gasteiger partial charge on any atom is -0.308 e. The van der Waals surface area contributed by atoms with Gasteiger partial charge in [0.15, 0.2) is 0 Å². The van der Waals surface area contributed by atoms with Gasteiger partial charge in [0.05, 0.1) is 0 Å². The molecule has 1 heterocycles. The molecule has 2 amide bonds. The minimum absolute atomic E-state index is 0.121. The number of H-pyrrole nitrogens is 1. The van der Waals surface area contributed by atoms with Gasteiger partial charge in [-0.1, -0.05) is 58.3 Å². The third-order valence-electron chi connectivity index (χ3n) is 4.87. The van der Waals surface area contributed by atoms with Crippen LogP contribution in [0.25, 0.3) is 0 Å². The number of carbonyl (C=O) groups excluding carboxylic acids is 2. The zero-order chi connectivity index (χ0) is 21.6. The van der Waals surface area contributed by atoms with Gasteiger partial charge in [-0.2, -0.15) is 0 Å². The van der Waals surface area contributed by atoms with E-state index < -0.39 is 6.03 Å². The number of unbranched alkanes of at least 4 members (excludes halogenated alkanes) is 8. The third kappa shape index (κ3) is 9.03. The van der Waals surface area contributed by atoms with E-state index in [1.165, 1.54) is 51.0 Å². The second-order valence-corrected chi connectivity index (χ2v) is 7.48. The summed E-state index contributed by atoms with van der Waals surface area (Å²) in [4.78, 5) is 41.6. The van der Waals surface area contributed by atoms with Crippen molar-refractivity contribution in [2.45, 2.75) is 71.1 Å². The molecule has 0 aliphatic carbocycles. The lowest BCUT2D eigenvalue weighted by Gasteiger charge is -2.08. The SMILES string of the molecule is CCCCCCCCCCCc1cc(=O)[nH]c(NC(=O)Nc2ccc(C=O)cc2)n1. The van der Waals surface area contributed by atoms with Gasteiger partial charge in [-0.15, -0.1) is 0 Å². The van der Waals surface area contributed by atoms with E-state index in [-0.39, 0.29) is 11.5 Å². The molecule has 0 saturated heterocycles. The molecule has 2 aromatic rings. The van der Waals surface area contributed by atoms with Gasteiger partial charge in [-0.25, -0.2) is 9.78 Å². The van der Waals surface area contributed by atoms with Crippen molar-refractivity contribution in [3.63, 3.8) is 0 Å². The number of amides is 2. The van der Waals surface area contributed by atoms with E-state index in [9.17, 15) is 14.4 Å². The van der Waals surface area contributed by atoms with Crippen molar-refractivity contribution in [1.29, 1.82) is 0 Å². The summed E-state index contributed by atoms with van der Waals surface area (Å²) in [6.07, 6.45) is 12.5. The second kappa shape index (κ2) is 13.3. The fourth-order valence-electron chi connectivity index (χ4n) is 3.23. The van der Waals surface area contributed by atoms with Crippen LogP contribution in [0.5, 0.6) is 0 Å². The lowest BCUT2D eigenvalue weighted by Crippen LogP contribution is -2.23. The normalized spacial score (nSPS) is 10.6. The van der Waals surface area contributed by atoms with Crippen molar-refractivity contribution in [2.75, 3.05) is 10.6 Å². The Balaban J connectivity index is 1.75. The van der Waals surface area contributed by atoms with E-state index in [0.717, 1.165) is 19.1 Å². The van der Waals surface area contributed by atoms with Gasteiger partial charge in [-0.05, 0) is 37.1 Å². The molecule has 0 atom stereocenters. The Kier molecular flexibility index (Phi) is 10.3. The first-order valence-electron chi connectivity index (χ1n) is 10.8. The van der Waals surface area contributed by atoms with E-state index in [0.29, 0.717) is 23.4 Å². The molecule has 0 spiro atoms. The van der Waals surface area contributed by atoms with Crippen LogP contribution in [-0.4, -0.2) is 22.3 Å². The van der Waals surface area contributed by atoms with Crippen LogP contribution in [0.15, 0.2) is 35.1 Å². The summed E-state index contributed by atoms with van der Waals surface area (Å²) in [5.41, 5.74) is 1.44. The number of urea groups is 1. The number of aromatic amines is 1. The fourth-order valence-corrected chi connectivity index (χ4v) is 3.23. The second-order valence-electron chi connectivity index (χ2n) is 7.48. The third-order valence-corrected chi connectivity index (χ3v) is 4.87. The zero-order valence-corrected chi connectivity index (χ0v) is 17.7. The summed E-state index contributed by atoms with van der Waals surface area (Å²) in [5.74, 6) is 0.121. The molecule has 1 aromatic carbocycles. The zero-order valence-electron chi connectivity index (χ0n) is 17.7. The first-order chi connectivity index (χ1) is 14.6. The van der Waals surface area contributed by atoms with Crippen LogP contribution < -0.4 is 16.2 Å². The van der Waals surface area contributed by atoms with Crippen molar-refractivity contribution >= 4 is 24.0 Å². The lowest BCUT2D eigenvalue weighted by atomic mass is 10.1. The monoisotopic (exact) mass is 412 g/mol. The van der Waals surface area contributed by atoms with E-state index in [1.54, 1.807) is 24.3 Å². The van der Waals surface area contributed by atoms with Crippen LogP contribution in [0.4, 0.5) is 16.4 Å². The van der Waals surface area contributed by atoms with Gasteiger partial charge in [0.25, 0.3) is 5.56 Å². The molecular weight excluding hydrogens is 380 g/mol. The van der Waals surface area contributed by atoms with Gasteiger partial charge in [0, 0.05) is 23.0 Å². The van der Waals surface area contributed by atoms with Crippen LogP contribution in [0, 0.1) is 0 Å². The highest BCUT2D eigenvalue weighted by Crippen LogP contribution is 2.12. The van der Waals surface area contributed by atoms with E-state index >= 15 is 0 Å². The Bertz CT molecular complexity index is 846. The molecule has 7 nitrogen and oxygen atoms in total. The molecule has 0 radical (unpaired) electrons. The maximum Gasteiger partial charge on any atom is 0.326 e. The van der Waals surface area contributed by atoms with Crippen LogP contribution in [0.2, 0.25) is 0 Å². The molecule has 1 aromatic heterocycles. The highest BCUT2D eigenvalue weighted by atomic mass is 16.2. The number of hydrogen-bond donors (Lipinski definition) is 3. The van der Waals surface area contributed by atoms with Crippen molar-refractivity contribution in [2.24, 2.45) is 0 Å². The summed E-state index contributed by atoms with van der Waals surface area (Å²) in [7, 11) is 0. The molecule has 3 N–H and O–H groups in total. The maximum absolute atomic E-state index is 12.1. The number of aromatic nitrogens is 2. The van der Waals surface area contributed by atoms with Gasteiger partial charge in [0.1, 0.15) is 6.29 Å². The number of anilines is 2. The molecule has 0 saturated carbocycles. The summed E-state index contributed by atoms with van der Waals surface area (Å²) in [6.45, 7) is 2.23. The molecule has 0 fully saturated rings. The Labute approximate surface area is 177 Å². The predicted molar refractivity (Wildman–Crippen MR) is 120 cm³/mol. The van der Waals surface area contributed by atoms with E-state index in [2.05, 4.69) is 27.5 Å². The minimum atomic E-state index is -0.516. The van der Waals surface area contributed by atoms with Gasteiger partial charge >= 0.3 is 6.03 Å². The van der Waals surface area contributed by atoms with Crippen LogP contribution in [-0.2, 0) is 6.42 Å². The fraction of sp³-hybridized carbons (Fsp3) is 0.478. The Morgan fingerprint density at radius 2 is 1.60 bits per heavy atom. The van der Waals surface area contributed by atoms with Gasteiger partial charge < -0.3 is 5.32 Å². The van der Waals surface area contributed by atoms with Gasteiger partial charge in [-0.3, -0.25) is 19.9 Å². The first-order valence-corrected chi connectivity index (χ1v) is 10.8. The molecule has 0 aliphatic rings. The summed E-state index contributed by atoms with van der Waals surface area (Å²) < 4.78 is 0. The first kappa shape index (κ1) is 23.3. The quantitative estimate of drug-likeness (QED) is 0.307. The maximum atomic E-state index is 12.1. The number of aryl methyl sites for hydroxylation is 1. The lowest BCUT2D eigenvalue weighted by molar-refractivity contribution is 0.112. The van der Waals surface area contributed by atoms with Crippen molar-refractivity contribution in [3.05, 3.63) is 51.9 Å². The Morgan fingerprint density at radius 1 is 0.967 bits per heavy atom. The number of benzene rings is 1. The van der Waals surface area contributed by atoms with Crippen molar-refractivity contribution in [3.8, 4) is 0 Å². The number of nitrogens with one attached hydrogen (secondary N) is 3. The number of hydrogen-bond acceptors (Lipinski definition) is 4. The number of nitrogens with zero attached hydrogens (tertiary/aromatic N) is 1. The van der Waals surface area contributed by atoms with E-state index in [1.807, 2.05) is 0 Å². The Morgan fingerprint density at radius 3 is 2.23 bits per heavy atom. The average Bonchev–Trinajstić information content (AvgIpc) is 2.72. The van der Waals surface area contributed by atoms with Crippen molar-refractivity contribution in [1.82, 2.24) is 9.97 Å². The van der Waals surface area contributed by atoms with Crippen LogP contribution >= 0.6 is 0 Å².